The molecule has 1 aromatic heterocycles. The van der Waals surface area contributed by atoms with Crippen LogP contribution < -0.4 is 4.74 Å². The van der Waals surface area contributed by atoms with Gasteiger partial charge in [-0.3, -0.25) is 0 Å². The molecule has 0 aliphatic rings. The van der Waals surface area contributed by atoms with Gasteiger partial charge in [0.05, 0.1) is 7.11 Å². The van der Waals surface area contributed by atoms with Gasteiger partial charge in [0.2, 0.25) is 0 Å². The van der Waals surface area contributed by atoms with Gasteiger partial charge in [0.1, 0.15) is 18.4 Å². The van der Waals surface area contributed by atoms with E-state index in [0.29, 0.717) is 5.82 Å². The fourth-order valence-electron chi connectivity index (χ4n) is 1.30. The number of aromatic nitrogens is 3. The van der Waals surface area contributed by atoms with Crippen LogP contribution >= 0.6 is 0 Å². The number of ether oxygens (including phenoxy) is 1. The highest BCUT2D eigenvalue weighted by atomic mass is 16.5. The van der Waals surface area contributed by atoms with Crippen LogP contribution in [0.4, 0.5) is 0 Å². The van der Waals surface area contributed by atoms with E-state index in [4.69, 9.17) is 4.74 Å². The van der Waals surface area contributed by atoms with Crippen molar-refractivity contribution < 1.29 is 4.74 Å². The third kappa shape index (κ3) is 2.42. The second kappa shape index (κ2) is 5.02. The average molecular weight is 213 g/mol. The highest BCUT2D eigenvalue weighted by Crippen LogP contribution is 2.19. The van der Waals surface area contributed by atoms with Crippen LogP contribution in [0.5, 0.6) is 5.75 Å². The van der Waals surface area contributed by atoms with Crippen molar-refractivity contribution in [1.29, 1.82) is 0 Å². The maximum Gasteiger partial charge on any atom is 0.155 e. The molecule has 0 fully saturated rings. The van der Waals surface area contributed by atoms with Crippen molar-refractivity contribution in [3.63, 3.8) is 0 Å². The summed E-state index contributed by atoms with van der Waals surface area (Å²) in [4.78, 5) is 11.8. The van der Waals surface area contributed by atoms with E-state index in [-0.39, 0.29) is 0 Å². The van der Waals surface area contributed by atoms with E-state index in [9.17, 15) is 0 Å². The highest BCUT2D eigenvalue weighted by molar-refractivity contribution is 5.69. The Morgan fingerprint density at radius 3 is 2.56 bits per heavy atom. The fourth-order valence-corrected chi connectivity index (χ4v) is 1.30. The van der Waals surface area contributed by atoms with Crippen molar-refractivity contribution in [3.05, 3.63) is 48.3 Å². The first-order valence-electron chi connectivity index (χ1n) is 4.83. The molecule has 0 saturated carbocycles. The van der Waals surface area contributed by atoms with Gasteiger partial charge in [-0.15, -0.1) is 0 Å². The Kier molecular flexibility index (Phi) is 3.23. The van der Waals surface area contributed by atoms with Gasteiger partial charge in [-0.2, -0.15) is 0 Å². The molecule has 0 radical (unpaired) electrons. The molecular weight excluding hydrogens is 202 g/mol. The van der Waals surface area contributed by atoms with Crippen LogP contribution in [-0.4, -0.2) is 22.1 Å². The molecule has 2 aromatic rings. The van der Waals surface area contributed by atoms with Crippen LogP contribution in [0.2, 0.25) is 0 Å². The number of nitrogens with zero attached hydrogens (tertiary/aromatic N) is 3. The summed E-state index contributed by atoms with van der Waals surface area (Å²) in [7, 11) is 1.65. The molecular formula is C12H11N3O. The Balaban J connectivity index is 2.24. The molecule has 4 heteroatoms. The lowest BCUT2D eigenvalue weighted by Crippen LogP contribution is -1.88. The molecule has 80 valence electrons. The molecule has 0 saturated heterocycles. The minimum Gasteiger partial charge on any atom is -0.496 e. The van der Waals surface area contributed by atoms with Crippen molar-refractivity contribution in [2.75, 3.05) is 7.11 Å². The number of para-hydroxylation sites is 1. The topological polar surface area (TPSA) is 47.9 Å². The van der Waals surface area contributed by atoms with Crippen molar-refractivity contribution in [2.24, 2.45) is 0 Å². The van der Waals surface area contributed by atoms with E-state index >= 15 is 0 Å². The molecule has 4 nitrogen and oxygen atoms in total. The van der Waals surface area contributed by atoms with Gasteiger partial charge >= 0.3 is 0 Å². The largest absolute Gasteiger partial charge is 0.496 e. The van der Waals surface area contributed by atoms with Gasteiger partial charge in [0.15, 0.2) is 5.82 Å². The number of hydrogen-bond donors (Lipinski definition) is 0. The lowest BCUT2D eigenvalue weighted by atomic mass is 10.2. The van der Waals surface area contributed by atoms with Crippen LogP contribution in [-0.2, 0) is 0 Å². The first-order valence-corrected chi connectivity index (χ1v) is 4.83. The summed E-state index contributed by atoms with van der Waals surface area (Å²) in [6.45, 7) is 0. The minimum atomic E-state index is 0.626. The molecule has 0 atom stereocenters. The van der Waals surface area contributed by atoms with Gasteiger partial charge in [0.25, 0.3) is 0 Å². The predicted octanol–water partition coefficient (Wildman–Crippen LogP) is 2.05. The summed E-state index contributed by atoms with van der Waals surface area (Å²) in [5.74, 6) is 1.45. The second-order valence-electron chi connectivity index (χ2n) is 3.07. The van der Waals surface area contributed by atoms with Crippen LogP contribution in [0.25, 0.3) is 12.2 Å². The van der Waals surface area contributed by atoms with E-state index in [1.54, 1.807) is 7.11 Å². The Morgan fingerprint density at radius 1 is 1.06 bits per heavy atom. The normalized spacial score (nSPS) is 10.6. The molecule has 0 amide bonds. The molecule has 0 N–H and O–H groups in total. The smallest absolute Gasteiger partial charge is 0.155 e. The van der Waals surface area contributed by atoms with Crippen LogP contribution in [0.1, 0.15) is 11.4 Å². The minimum absolute atomic E-state index is 0.626. The molecule has 1 aromatic carbocycles. The maximum atomic E-state index is 5.23. The van der Waals surface area contributed by atoms with Gasteiger partial charge < -0.3 is 4.74 Å². The lowest BCUT2D eigenvalue weighted by molar-refractivity contribution is 0.414. The SMILES string of the molecule is COc1ccccc1/C=C/c1ncncn1. The molecule has 1 heterocycles. The first-order chi connectivity index (χ1) is 7.90. The number of methoxy groups -OCH3 is 1. The molecule has 0 bridgehead atoms. The van der Waals surface area contributed by atoms with Crippen molar-refractivity contribution >= 4 is 12.2 Å². The van der Waals surface area contributed by atoms with Crippen molar-refractivity contribution in [1.82, 2.24) is 15.0 Å². The molecule has 0 spiro atoms. The maximum absolute atomic E-state index is 5.23. The van der Waals surface area contributed by atoms with E-state index in [0.717, 1.165) is 11.3 Å². The molecule has 2 rings (SSSR count). The van der Waals surface area contributed by atoms with Crippen LogP contribution in [0, 0.1) is 0 Å². The van der Waals surface area contributed by atoms with Gasteiger partial charge in [-0.25, -0.2) is 15.0 Å². The van der Waals surface area contributed by atoms with E-state index < -0.39 is 0 Å². The number of hydrogen-bond acceptors (Lipinski definition) is 4. The standard InChI is InChI=1S/C12H11N3O/c1-16-11-5-3-2-4-10(11)6-7-12-14-8-13-9-15-12/h2-9H,1H3/b7-6+. The summed E-state index contributed by atoms with van der Waals surface area (Å²) in [6.07, 6.45) is 6.66. The molecule has 16 heavy (non-hydrogen) atoms. The average Bonchev–Trinajstić information content (AvgIpc) is 2.38. The van der Waals surface area contributed by atoms with E-state index in [1.807, 2.05) is 36.4 Å². The summed E-state index contributed by atoms with van der Waals surface area (Å²) in [6, 6.07) is 7.76. The number of benzene rings is 1. The van der Waals surface area contributed by atoms with Crippen molar-refractivity contribution in [3.8, 4) is 5.75 Å². The van der Waals surface area contributed by atoms with E-state index in [1.165, 1.54) is 12.7 Å². The van der Waals surface area contributed by atoms with Gasteiger partial charge in [-0.1, -0.05) is 18.2 Å². The van der Waals surface area contributed by atoms with Gasteiger partial charge in [0, 0.05) is 5.56 Å². The lowest BCUT2D eigenvalue weighted by Gasteiger charge is -2.02. The van der Waals surface area contributed by atoms with E-state index in [2.05, 4.69) is 15.0 Å². The first kappa shape index (κ1) is 10.3. The Hall–Kier alpha value is -2.23. The third-order valence-electron chi connectivity index (χ3n) is 2.06. The monoisotopic (exact) mass is 213 g/mol. The quantitative estimate of drug-likeness (QED) is 0.782. The zero-order valence-corrected chi connectivity index (χ0v) is 8.87. The summed E-state index contributed by atoms with van der Waals surface area (Å²) >= 11 is 0. The van der Waals surface area contributed by atoms with Crippen LogP contribution in [0.3, 0.4) is 0 Å². The zero-order valence-electron chi connectivity index (χ0n) is 8.87. The highest BCUT2D eigenvalue weighted by Gasteiger charge is 1.96. The summed E-state index contributed by atoms with van der Waals surface area (Å²) in [5, 5.41) is 0. The Morgan fingerprint density at radius 2 is 1.81 bits per heavy atom. The second-order valence-corrected chi connectivity index (χ2v) is 3.07. The molecule has 0 aliphatic heterocycles. The number of rotatable bonds is 3. The summed E-state index contributed by atoms with van der Waals surface area (Å²) < 4.78 is 5.23. The van der Waals surface area contributed by atoms with Gasteiger partial charge in [-0.05, 0) is 18.2 Å². The molecule has 0 aliphatic carbocycles. The third-order valence-corrected chi connectivity index (χ3v) is 2.06. The van der Waals surface area contributed by atoms with Crippen LogP contribution in [0.15, 0.2) is 36.9 Å². The fraction of sp³-hybridized carbons (Fsp3) is 0.0833. The summed E-state index contributed by atoms with van der Waals surface area (Å²) in [5.41, 5.74) is 0.991. The predicted molar refractivity (Wildman–Crippen MR) is 61.7 cm³/mol. The van der Waals surface area contributed by atoms with Crippen molar-refractivity contribution in [2.45, 2.75) is 0 Å². The zero-order chi connectivity index (χ0) is 11.2. The Bertz CT molecular complexity index is 483. The Labute approximate surface area is 93.7 Å². The molecule has 0 unspecified atom stereocenters.